The van der Waals surface area contributed by atoms with Gasteiger partial charge in [0.25, 0.3) is 0 Å². The van der Waals surface area contributed by atoms with Gasteiger partial charge in [-0.3, -0.25) is 0 Å². The van der Waals surface area contributed by atoms with Gasteiger partial charge in [-0.25, -0.2) is 0 Å². The summed E-state index contributed by atoms with van der Waals surface area (Å²) in [4.78, 5) is 0. The molecule has 2 rings (SSSR count). The van der Waals surface area contributed by atoms with Crippen LogP contribution in [0, 0.1) is 0 Å². The van der Waals surface area contributed by atoms with E-state index in [2.05, 4.69) is 12.6 Å². The molecule has 0 atom stereocenters. The Morgan fingerprint density at radius 2 is 2.07 bits per heavy atom. The Hall–Kier alpha value is -1.60. The highest BCUT2D eigenvalue weighted by Gasteiger charge is 1.98. The molecule has 0 bridgehead atoms. The molecule has 0 amide bonds. The van der Waals surface area contributed by atoms with Crippen molar-refractivity contribution in [3.05, 3.63) is 54.1 Å². The molecule has 0 heterocycles. The molecule has 2 aromatic carbocycles. The SMILES string of the molecule is C=Cc1cccc2ccc(CO)cc12. The van der Waals surface area contributed by atoms with Crippen LogP contribution in [0.5, 0.6) is 0 Å². The van der Waals surface area contributed by atoms with Crippen LogP contribution in [0.25, 0.3) is 16.8 Å². The zero-order valence-corrected chi connectivity index (χ0v) is 7.90. The van der Waals surface area contributed by atoms with E-state index in [4.69, 9.17) is 5.11 Å². The summed E-state index contributed by atoms with van der Waals surface area (Å²) in [6.07, 6.45) is 1.84. The Labute approximate surface area is 83.3 Å². The second kappa shape index (κ2) is 3.64. The van der Waals surface area contributed by atoms with Gasteiger partial charge in [-0.2, -0.15) is 0 Å². The Kier molecular flexibility index (Phi) is 2.33. The highest BCUT2D eigenvalue weighted by atomic mass is 16.3. The van der Waals surface area contributed by atoms with Gasteiger partial charge < -0.3 is 5.11 Å². The first-order valence-corrected chi connectivity index (χ1v) is 4.60. The van der Waals surface area contributed by atoms with E-state index in [9.17, 15) is 0 Å². The highest BCUT2D eigenvalue weighted by molar-refractivity contribution is 5.90. The minimum atomic E-state index is 0.0847. The number of aliphatic hydroxyl groups excluding tert-OH is 1. The van der Waals surface area contributed by atoms with E-state index in [1.807, 2.05) is 36.4 Å². The van der Waals surface area contributed by atoms with Gasteiger partial charge in [0.2, 0.25) is 0 Å². The molecule has 0 aliphatic rings. The number of rotatable bonds is 2. The maximum Gasteiger partial charge on any atom is 0.0682 e. The first-order valence-electron chi connectivity index (χ1n) is 4.60. The van der Waals surface area contributed by atoms with Crippen LogP contribution in [0.1, 0.15) is 11.1 Å². The fraction of sp³-hybridized carbons (Fsp3) is 0.0769. The van der Waals surface area contributed by atoms with Crippen LogP contribution in [0.4, 0.5) is 0 Å². The molecular formula is C13H12O. The van der Waals surface area contributed by atoms with Gasteiger partial charge in [0, 0.05) is 0 Å². The molecule has 1 N–H and O–H groups in total. The summed E-state index contributed by atoms with van der Waals surface area (Å²) in [6.45, 7) is 3.86. The molecule has 0 spiro atoms. The van der Waals surface area contributed by atoms with E-state index in [1.54, 1.807) is 0 Å². The molecule has 0 aliphatic carbocycles. The van der Waals surface area contributed by atoms with Gasteiger partial charge in [0.05, 0.1) is 6.61 Å². The number of hydrogen-bond acceptors (Lipinski definition) is 1. The third-order valence-electron chi connectivity index (χ3n) is 2.38. The average Bonchev–Trinajstić information content (AvgIpc) is 2.27. The van der Waals surface area contributed by atoms with Crippen molar-refractivity contribution >= 4 is 16.8 Å². The third kappa shape index (κ3) is 1.42. The molecule has 0 aliphatic heterocycles. The lowest BCUT2D eigenvalue weighted by molar-refractivity contribution is 0.282. The van der Waals surface area contributed by atoms with Crippen molar-refractivity contribution in [1.82, 2.24) is 0 Å². The van der Waals surface area contributed by atoms with Crippen LogP contribution in [-0.2, 0) is 6.61 Å². The van der Waals surface area contributed by atoms with Crippen LogP contribution < -0.4 is 0 Å². The van der Waals surface area contributed by atoms with Gasteiger partial charge in [-0.1, -0.05) is 43.0 Å². The zero-order chi connectivity index (χ0) is 9.97. The normalized spacial score (nSPS) is 10.4. The van der Waals surface area contributed by atoms with Crippen molar-refractivity contribution in [2.24, 2.45) is 0 Å². The lowest BCUT2D eigenvalue weighted by Gasteiger charge is -2.03. The van der Waals surface area contributed by atoms with Crippen LogP contribution in [0.2, 0.25) is 0 Å². The Morgan fingerprint density at radius 1 is 1.21 bits per heavy atom. The van der Waals surface area contributed by atoms with Gasteiger partial charge >= 0.3 is 0 Å². The van der Waals surface area contributed by atoms with E-state index >= 15 is 0 Å². The maximum absolute atomic E-state index is 9.03. The van der Waals surface area contributed by atoms with Crippen LogP contribution in [0.15, 0.2) is 43.0 Å². The molecule has 0 saturated carbocycles. The number of benzene rings is 2. The van der Waals surface area contributed by atoms with Crippen LogP contribution >= 0.6 is 0 Å². The van der Waals surface area contributed by atoms with Crippen molar-refractivity contribution in [1.29, 1.82) is 0 Å². The Bertz CT molecular complexity index is 472. The number of hydrogen-bond donors (Lipinski definition) is 1. The smallest absolute Gasteiger partial charge is 0.0682 e. The first-order chi connectivity index (χ1) is 6.85. The minimum absolute atomic E-state index is 0.0847. The Balaban J connectivity index is 2.76. The quantitative estimate of drug-likeness (QED) is 0.760. The van der Waals surface area contributed by atoms with Gasteiger partial charge in [-0.15, -0.1) is 0 Å². The van der Waals surface area contributed by atoms with Crippen molar-refractivity contribution in [2.45, 2.75) is 6.61 Å². The second-order valence-electron chi connectivity index (χ2n) is 3.26. The van der Waals surface area contributed by atoms with Crippen LogP contribution in [-0.4, -0.2) is 5.11 Å². The summed E-state index contributed by atoms with van der Waals surface area (Å²) in [5, 5.41) is 11.4. The van der Waals surface area contributed by atoms with Crippen molar-refractivity contribution in [3.63, 3.8) is 0 Å². The van der Waals surface area contributed by atoms with Gasteiger partial charge in [0.1, 0.15) is 0 Å². The fourth-order valence-electron chi connectivity index (χ4n) is 1.62. The van der Waals surface area contributed by atoms with E-state index in [0.717, 1.165) is 16.5 Å². The lowest BCUT2D eigenvalue weighted by atomic mass is 10.0. The molecule has 0 fully saturated rings. The van der Waals surface area contributed by atoms with E-state index in [-0.39, 0.29) is 6.61 Å². The molecule has 1 heteroatoms. The van der Waals surface area contributed by atoms with Crippen LogP contribution in [0.3, 0.4) is 0 Å². The molecule has 14 heavy (non-hydrogen) atoms. The second-order valence-corrected chi connectivity index (χ2v) is 3.26. The number of aliphatic hydroxyl groups is 1. The predicted octanol–water partition coefficient (Wildman–Crippen LogP) is 2.98. The minimum Gasteiger partial charge on any atom is -0.392 e. The van der Waals surface area contributed by atoms with E-state index in [0.29, 0.717) is 0 Å². The number of fused-ring (bicyclic) bond motifs is 1. The summed E-state index contributed by atoms with van der Waals surface area (Å²) in [5.74, 6) is 0. The van der Waals surface area contributed by atoms with Crippen molar-refractivity contribution < 1.29 is 5.11 Å². The zero-order valence-electron chi connectivity index (χ0n) is 7.90. The predicted molar refractivity (Wildman–Crippen MR) is 60.0 cm³/mol. The molecule has 0 saturated heterocycles. The largest absolute Gasteiger partial charge is 0.392 e. The summed E-state index contributed by atoms with van der Waals surface area (Å²) >= 11 is 0. The average molecular weight is 184 g/mol. The summed E-state index contributed by atoms with van der Waals surface area (Å²) in [5.41, 5.74) is 2.05. The lowest BCUT2D eigenvalue weighted by Crippen LogP contribution is -1.84. The molecule has 2 aromatic rings. The third-order valence-corrected chi connectivity index (χ3v) is 2.38. The maximum atomic E-state index is 9.03. The van der Waals surface area contributed by atoms with Crippen molar-refractivity contribution in [3.8, 4) is 0 Å². The van der Waals surface area contributed by atoms with E-state index < -0.39 is 0 Å². The highest BCUT2D eigenvalue weighted by Crippen LogP contribution is 2.21. The summed E-state index contributed by atoms with van der Waals surface area (Å²) in [6, 6.07) is 12.1. The molecule has 0 aromatic heterocycles. The monoisotopic (exact) mass is 184 g/mol. The molecular weight excluding hydrogens is 172 g/mol. The standard InChI is InChI=1S/C13H12O/c1-2-11-4-3-5-12-7-6-10(9-14)8-13(11)12/h2-8,14H,1,9H2. The van der Waals surface area contributed by atoms with Gasteiger partial charge in [-0.05, 0) is 28.0 Å². The molecule has 0 unspecified atom stereocenters. The summed E-state index contributed by atoms with van der Waals surface area (Å²) in [7, 11) is 0. The van der Waals surface area contributed by atoms with Gasteiger partial charge in [0.15, 0.2) is 0 Å². The molecule has 1 nitrogen and oxygen atoms in total. The topological polar surface area (TPSA) is 20.2 Å². The van der Waals surface area contributed by atoms with Crippen molar-refractivity contribution in [2.75, 3.05) is 0 Å². The fourth-order valence-corrected chi connectivity index (χ4v) is 1.62. The van der Waals surface area contributed by atoms with E-state index in [1.165, 1.54) is 5.39 Å². The molecule has 0 radical (unpaired) electrons. The Morgan fingerprint density at radius 3 is 2.79 bits per heavy atom. The first kappa shape index (κ1) is 8.97. The summed E-state index contributed by atoms with van der Waals surface area (Å²) < 4.78 is 0. The molecule has 70 valence electrons.